The van der Waals surface area contributed by atoms with Crippen LogP contribution in [0.15, 0.2) is 60.9 Å². The predicted octanol–water partition coefficient (Wildman–Crippen LogP) is 2.40. The van der Waals surface area contributed by atoms with Gasteiger partial charge in [0.2, 0.25) is 23.6 Å². The Morgan fingerprint density at radius 3 is 2.54 bits per heavy atom. The molecule has 0 radical (unpaired) electrons. The van der Waals surface area contributed by atoms with Gasteiger partial charge in [-0.2, -0.15) is 0 Å². The van der Waals surface area contributed by atoms with E-state index in [1.54, 1.807) is 12.1 Å². The fourth-order valence-electron chi connectivity index (χ4n) is 7.81. The lowest BCUT2D eigenvalue weighted by Gasteiger charge is -2.34. The highest BCUT2D eigenvalue weighted by Crippen LogP contribution is 2.33. The third kappa shape index (κ3) is 11.3. The fraction of sp³-hybridized carbons (Fsp3) is 0.405. The van der Waals surface area contributed by atoms with Crippen LogP contribution in [0.25, 0.3) is 5.70 Å². The number of piperidine rings is 2. The predicted molar refractivity (Wildman–Crippen MR) is 222 cm³/mol. The van der Waals surface area contributed by atoms with Crippen molar-refractivity contribution in [2.24, 2.45) is 5.73 Å². The van der Waals surface area contributed by atoms with Gasteiger partial charge in [0.15, 0.2) is 6.17 Å². The van der Waals surface area contributed by atoms with Crippen molar-refractivity contribution >= 4 is 46.8 Å². The lowest BCUT2D eigenvalue weighted by Crippen LogP contribution is -2.54. The number of nitrogens with zero attached hydrogens (tertiary/aromatic N) is 5. The first kappa shape index (κ1) is 46.2. The van der Waals surface area contributed by atoms with Crippen molar-refractivity contribution in [3.05, 3.63) is 94.0 Å². The Kier molecular flexibility index (Phi) is 14.1. The third-order valence-electron chi connectivity index (χ3n) is 11.1. The normalized spacial score (nSPS) is 19.8. The number of fused-ring (bicyclic) bond motifs is 1. The monoisotopic (exact) mass is 909 g/mol. The summed E-state index contributed by atoms with van der Waals surface area (Å²) < 4.78 is 62.4. The average Bonchev–Trinajstić information content (AvgIpc) is 3.83. The van der Waals surface area contributed by atoms with Crippen molar-refractivity contribution in [2.75, 3.05) is 51.3 Å². The number of halogens is 4. The molecule has 5 heterocycles. The van der Waals surface area contributed by atoms with Gasteiger partial charge in [-0.05, 0) is 55.2 Å². The van der Waals surface area contributed by atoms with Crippen molar-refractivity contribution in [2.45, 2.75) is 63.2 Å². The third-order valence-corrected chi connectivity index (χ3v) is 11.1. The van der Waals surface area contributed by atoms with Crippen LogP contribution >= 0.6 is 0 Å². The smallest absolute Gasteiger partial charge is 0.573 e. The van der Waals surface area contributed by atoms with E-state index in [1.807, 2.05) is 11.1 Å². The number of nitrogens with two attached hydrogens (primary N) is 1. The van der Waals surface area contributed by atoms with Crippen LogP contribution in [0.4, 0.5) is 23.2 Å². The molecule has 2 saturated heterocycles. The SMILES string of the molecule is NC(=O)c1cc(C2=CN(CCCCNN([O-])CCNc3cccc4c3C(=O)N(C3CCC(=O)NC3=O)C4=O)CN2)cnc1OC1CCN(C(=O)Cc2ccc(OC(F)(F)F)cc2)C[C@H]1F. The van der Waals surface area contributed by atoms with Gasteiger partial charge in [0, 0.05) is 69.2 Å². The van der Waals surface area contributed by atoms with Gasteiger partial charge in [-0.3, -0.25) is 44.4 Å². The van der Waals surface area contributed by atoms with Crippen molar-refractivity contribution < 1.29 is 55.8 Å². The summed E-state index contributed by atoms with van der Waals surface area (Å²) in [6.07, 6.45) is -2.90. The number of hydrazine groups is 1. The van der Waals surface area contributed by atoms with Gasteiger partial charge in [-0.15, -0.1) is 13.2 Å². The number of likely N-dealkylation sites (tertiary alicyclic amines) is 1. The zero-order chi connectivity index (χ0) is 46.4. The molecule has 0 spiro atoms. The van der Waals surface area contributed by atoms with Gasteiger partial charge in [-0.1, -0.05) is 18.2 Å². The maximum atomic E-state index is 15.4. The second-order valence-electron chi connectivity index (χ2n) is 15.6. The van der Waals surface area contributed by atoms with Crippen LogP contribution in [0.5, 0.6) is 11.6 Å². The quantitative estimate of drug-likeness (QED) is 0.0533. The molecule has 7 rings (SSSR count). The molecule has 2 aromatic carbocycles. The number of nitrogens with one attached hydrogen (secondary N) is 4. The van der Waals surface area contributed by atoms with E-state index in [-0.39, 0.29) is 74.4 Å². The number of ether oxygens (including phenoxy) is 2. The molecule has 19 nitrogen and oxygen atoms in total. The van der Waals surface area contributed by atoms with Gasteiger partial charge in [0.1, 0.15) is 23.5 Å². The van der Waals surface area contributed by atoms with Gasteiger partial charge in [0.05, 0.1) is 36.5 Å². The number of pyridine rings is 1. The highest BCUT2D eigenvalue weighted by Gasteiger charge is 2.45. The van der Waals surface area contributed by atoms with Crippen molar-refractivity contribution in [3.63, 3.8) is 0 Å². The van der Waals surface area contributed by atoms with Crippen LogP contribution in [-0.2, 0) is 20.8 Å². The van der Waals surface area contributed by atoms with Crippen LogP contribution in [0.3, 0.4) is 0 Å². The molecule has 0 aliphatic carbocycles. The lowest BCUT2D eigenvalue weighted by molar-refractivity contribution is -0.274. The Morgan fingerprint density at radius 1 is 1.03 bits per heavy atom. The van der Waals surface area contributed by atoms with E-state index in [4.69, 9.17) is 10.5 Å². The van der Waals surface area contributed by atoms with E-state index in [9.17, 15) is 47.1 Å². The number of unbranched alkanes of at least 4 members (excludes halogenated alkanes) is 1. The Labute approximate surface area is 368 Å². The molecular formula is C42H45F4N10O9-. The second kappa shape index (κ2) is 19.9. The minimum absolute atomic E-state index is 0.000604. The zero-order valence-corrected chi connectivity index (χ0v) is 34.7. The highest BCUT2D eigenvalue weighted by atomic mass is 19.4. The number of rotatable bonds is 18. The summed E-state index contributed by atoms with van der Waals surface area (Å²) in [6.45, 7) is 1.41. The first-order valence-electron chi connectivity index (χ1n) is 20.7. The molecule has 3 aromatic rings. The summed E-state index contributed by atoms with van der Waals surface area (Å²) in [5.74, 6) is -4.30. The minimum atomic E-state index is -4.85. The van der Waals surface area contributed by atoms with Gasteiger partial charge < -0.3 is 46.0 Å². The van der Waals surface area contributed by atoms with E-state index in [0.717, 1.165) is 17.0 Å². The molecule has 4 aliphatic rings. The largest absolute Gasteiger partial charge is 0.772 e. The number of hydroxylamine groups is 1. The highest BCUT2D eigenvalue weighted by molar-refractivity contribution is 6.25. The molecule has 6 amide bonds. The summed E-state index contributed by atoms with van der Waals surface area (Å²) in [5.41, 5.74) is 10.6. The molecule has 2 unspecified atom stereocenters. The Morgan fingerprint density at radius 2 is 1.82 bits per heavy atom. The number of aromatic nitrogens is 1. The van der Waals surface area contributed by atoms with Crippen LogP contribution < -0.4 is 36.6 Å². The number of anilines is 1. The fourth-order valence-corrected chi connectivity index (χ4v) is 7.81. The first-order valence-corrected chi connectivity index (χ1v) is 20.7. The second-order valence-corrected chi connectivity index (χ2v) is 15.6. The molecule has 23 heteroatoms. The molecule has 2 fully saturated rings. The number of carbonyl (C=O) groups is 6. The summed E-state index contributed by atoms with van der Waals surface area (Å²) >= 11 is 0. The van der Waals surface area contributed by atoms with E-state index in [0.29, 0.717) is 60.3 Å². The molecule has 6 N–H and O–H groups in total. The Balaban J connectivity index is 0.819. The number of hydrogen-bond donors (Lipinski definition) is 5. The number of primary amides is 1. The number of amides is 6. The standard InChI is InChI=1S/C42H45F4N10O9/c43-29-21-54(35(58)18-24-6-8-26(9-7-24)65-42(44,45)46)16-12-33(29)64-39-28(37(47)59)19-25(20-49-39)31-22-53(23-50-31)15-2-1-13-51-55(63)17-14-48-30-5-3-4-27-36(30)41(62)56(40(27)61)32-10-11-34(57)52-38(32)60/h3-9,19-20,22,29,32-33,48,50-51H,1-2,10-18,21,23H2,(H2,47,59)(H,52,57,60)/q-1/t29-,32?,33?/m1/s1. The van der Waals surface area contributed by atoms with Crippen LogP contribution in [0.2, 0.25) is 0 Å². The average molecular weight is 910 g/mol. The minimum Gasteiger partial charge on any atom is -0.772 e. The molecule has 3 atom stereocenters. The molecule has 0 saturated carbocycles. The lowest BCUT2D eigenvalue weighted by atomic mass is 10.0. The maximum Gasteiger partial charge on any atom is 0.573 e. The number of alkyl halides is 4. The summed E-state index contributed by atoms with van der Waals surface area (Å²) in [6, 6.07) is 9.91. The summed E-state index contributed by atoms with van der Waals surface area (Å²) in [5, 5.41) is 21.6. The van der Waals surface area contributed by atoms with Gasteiger partial charge >= 0.3 is 6.36 Å². The van der Waals surface area contributed by atoms with E-state index in [2.05, 4.69) is 31.1 Å². The molecule has 0 bridgehead atoms. The molecule has 4 aliphatic heterocycles. The molecule has 346 valence electrons. The first-order chi connectivity index (χ1) is 31.0. The Bertz CT molecular complexity index is 2350. The molecule has 1 aromatic heterocycles. The number of imide groups is 2. The van der Waals surface area contributed by atoms with Crippen molar-refractivity contribution in [3.8, 4) is 11.6 Å². The van der Waals surface area contributed by atoms with Crippen molar-refractivity contribution in [1.29, 1.82) is 0 Å². The van der Waals surface area contributed by atoms with E-state index < -0.39 is 65.9 Å². The van der Waals surface area contributed by atoms with Gasteiger partial charge in [0.25, 0.3) is 17.7 Å². The van der Waals surface area contributed by atoms with Crippen LogP contribution in [-0.4, -0.2) is 131 Å². The van der Waals surface area contributed by atoms with E-state index >= 15 is 4.39 Å². The van der Waals surface area contributed by atoms with Crippen LogP contribution in [0.1, 0.15) is 74.3 Å². The summed E-state index contributed by atoms with van der Waals surface area (Å²) in [7, 11) is 0. The van der Waals surface area contributed by atoms with E-state index in [1.165, 1.54) is 35.4 Å². The molecular weight excluding hydrogens is 865 g/mol. The van der Waals surface area contributed by atoms with Crippen LogP contribution in [0, 0.1) is 5.21 Å². The maximum absolute atomic E-state index is 15.4. The number of hydrogen-bond acceptors (Lipinski definition) is 15. The zero-order valence-electron chi connectivity index (χ0n) is 34.7. The topological polar surface area (TPSA) is 244 Å². The van der Waals surface area contributed by atoms with Crippen molar-refractivity contribution in [1.82, 2.24) is 40.9 Å². The number of benzene rings is 2. The van der Waals surface area contributed by atoms with Gasteiger partial charge in [-0.25, -0.2) is 9.37 Å². The Hall–Kier alpha value is -6.85. The molecule has 65 heavy (non-hydrogen) atoms. The number of carbonyl (C=O) groups excluding carboxylic acids is 6. The summed E-state index contributed by atoms with van der Waals surface area (Å²) in [4.78, 5) is 84.1.